The molecule has 0 radical (unpaired) electrons. The van der Waals surface area contributed by atoms with Crippen LogP contribution in [0, 0.1) is 0 Å². The molecule has 23 heavy (non-hydrogen) atoms. The molecule has 1 heterocycles. The van der Waals surface area contributed by atoms with Gasteiger partial charge in [-0.3, -0.25) is 9.59 Å². The highest BCUT2D eigenvalue weighted by Gasteiger charge is 2.31. The molecule has 0 aliphatic heterocycles. The summed E-state index contributed by atoms with van der Waals surface area (Å²) >= 11 is 7.77. The molecule has 1 N–H and O–H groups in total. The summed E-state index contributed by atoms with van der Waals surface area (Å²) in [5.41, 5.74) is 1.35. The number of benzene rings is 1. The lowest BCUT2D eigenvalue weighted by molar-refractivity contribution is -0.123. The number of carbonyl (C=O) groups is 2. The third-order valence-electron chi connectivity index (χ3n) is 3.82. The van der Waals surface area contributed by atoms with Crippen LogP contribution < -0.4 is 10.1 Å². The molecule has 0 saturated carbocycles. The molecule has 6 heteroatoms. The van der Waals surface area contributed by atoms with Crippen molar-refractivity contribution in [3.8, 4) is 5.75 Å². The Morgan fingerprint density at radius 2 is 2.26 bits per heavy atom. The first-order chi connectivity index (χ1) is 11.1. The van der Waals surface area contributed by atoms with Gasteiger partial charge in [-0.2, -0.15) is 0 Å². The summed E-state index contributed by atoms with van der Waals surface area (Å²) in [5, 5.41) is 5.33. The van der Waals surface area contributed by atoms with Crippen molar-refractivity contribution in [1.29, 1.82) is 0 Å². The Labute approximate surface area is 143 Å². The second-order valence-corrected chi connectivity index (χ2v) is 6.95. The number of carbonyl (C=O) groups excluding carboxylic acids is 2. The zero-order valence-electron chi connectivity index (χ0n) is 12.6. The molecule has 0 fully saturated rings. The van der Waals surface area contributed by atoms with Crippen molar-refractivity contribution in [2.24, 2.45) is 0 Å². The molecule has 1 aliphatic carbocycles. The van der Waals surface area contributed by atoms with Crippen molar-refractivity contribution < 1.29 is 14.3 Å². The highest BCUT2D eigenvalue weighted by atomic mass is 35.5. The summed E-state index contributed by atoms with van der Waals surface area (Å²) in [4.78, 5) is 25.1. The van der Waals surface area contributed by atoms with Crippen LogP contribution >= 0.6 is 22.9 Å². The molecule has 0 saturated heterocycles. The second kappa shape index (κ2) is 6.72. The summed E-state index contributed by atoms with van der Waals surface area (Å²) < 4.78 is 5.57. The van der Waals surface area contributed by atoms with Crippen LogP contribution in [0.2, 0.25) is 5.02 Å². The van der Waals surface area contributed by atoms with Gasteiger partial charge in [-0.15, -0.1) is 11.3 Å². The first-order valence-corrected chi connectivity index (χ1v) is 8.59. The number of hydrogen-bond donors (Lipinski definition) is 1. The fourth-order valence-corrected chi connectivity index (χ4v) is 3.73. The lowest BCUT2D eigenvalue weighted by atomic mass is 10.0. The first-order valence-electron chi connectivity index (χ1n) is 7.33. The Balaban J connectivity index is 1.65. The maximum atomic E-state index is 12.1. The smallest absolute Gasteiger partial charge is 0.258 e. The van der Waals surface area contributed by atoms with Crippen molar-refractivity contribution in [3.05, 3.63) is 50.7 Å². The van der Waals surface area contributed by atoms with E-state index in [-0.39, 0.29) is 24.2 Å². The standard InChI is InChI=1S/C17H16ClNO3S/c1-10-7-13(20)17-14(5-4-12(18)16(10)17)22-9-15(21)19-8-11-3-2-6-23-11/h2-6,10H,7-9H2,1H3,(H,19,21)/t10-/m0/s1. The van der Waals surface area contributed by atoms with E-state index in [9.17, 15) is 9.59 Å². The summed E-state index contributed by atoms with van der Waals surface area (Å²) in [6.07, 6.45) is 0.431. The van der Waals surface area contributed by atoms with Gasteiger partial charge in [0.2, 0.25) is 0 Å². The van der Waals surface area contributed by atoms with Gasteiger partial charge in [-0.05, 0) is 35.1 Å². The van der Waals surface area contributed by atoms with E-state index in [0.29, 0.717) is 29.3 Å². The summed E-state index contributed by atoms with van der Waals surface area (Å²) in [5.74, 6) is 0.316. The van der Waals surface area contributed by atoms with Gasteiger partial charge in [0.1, 0.15) is 5.75 Å². The molecular formula is C17H16ClNO3S. The molecular weight excluding hydrogens is 334 g/mol. The molecule has 0 bridgehead atoms. The molecule has 0 unspecified atom stereocenters. The molecule has 120 valence electrons. The van der Waals surface area contributed by atoms with Gasteiger partial charge in [-0.25, -0.2) is 0 Å². The van der Waals surface area contributed by atoms with Crippen LogP contribution in [0.5, 0.6) is 5.75 Å². The fraction of sp³-hybridized carbons (Fsp3) is 0.294. The molecule has 3 rings (SSSR count). The molecule has 4 nitrogen and oxygen atoms in total. The van der Waals surface area contributed by atoms with Gasteiger partial charge in [0, 0.05) is 16.3 Å². The van der Waals surface area contributed by atoms with E-state index in [1.165, 1.54) is 0 Å². The largest absolute Gasteiger partial charge is 0.483 e. The third kappa shape index (κ3) is 3.41. The van der Waals surface area contributed by atoms with Crippen molar-refractivity contribution in [3.63, 3.8) is 0 Å². The number of fused-ring (bicyclic) bond motifs is 1. The summed E-state index contributed by atoms with van der Waals surface area (Å²) in [6.45, 7) is 2.32. The molecule has 0 spiro atoms. The first kappa shape index (κ1) is 16.0. The average Bonchev–Trinajstić information content (AvgIpc) is 3.13. The van der Waals surface area contributed by atoms with E-state index >= 15 is 0 Å². The Hall–Kier alpha value is -1.85. The van der Waals surface area contributed by atoms with Crippen LogP contribution in [-0.4, -0.2) is 18.3 Å². The number of thiophene rings is 1. The minimum atomic E-state index is -0.222. The van der Waals surface area contributed by atoms with Gasteiger partial charge in [-0.1, -0.05) is 24.6 Å². The van der Waals surface area contributed by atoms with Crippen molar-refractivity contribution in [1.82, 2.24) is 5.32 Å². The van der Waals surface area contributed by atoms with E-state index in [1.807, 2.05) is 24.4 Å². The van der Waals surface area contributed by atoms with Gasteiger partial charge in [0.25, 0.3) is 5.91 Å². The maximum absolute atomic E-state index is 12.1. The lowest BCUT2D eigenvalue weighted by Crippen LogP contribution is -2.28. The average molecular weight is 350 g/mol. The zero-order chi connectivity index (χ0) is 16.4. The number of amides is 1. The number of halogens is 1. The Kier molecular flexibility index (Phi) is 4.68. The fourth-order valence-electron chi connectivity index (χ4n) is 2.74. The van der Waals surface area contributed by atoms with E-state index in [0.717, 1.165) is 10.4 Å². The number of nitrogens with one attached hydrogen (secondary N) is 1. The number of ketones is 1. The van der Waals surface area contributed by atoms with Gasteiger partial charge < -0.3 is 10.1 Å². The van der Waals surface area contributed by atoms with Crippen molar-refractivity contribution in [2.45, 2.75) is 25.8 Å². The van der Waals surface area contributed by atoms with Crippen LogP contribution in [0.4, 0.5) is 0 Å². The normalized spacial score (nSPS) is 16.3. The Morgan fingerprint density at radius 1 is 1.43 bits per heavy atom. The van der Waals surface area contributed by atoms with Crippen LogP contribution in [0.1, 0.15) is 40.1 Å². The number of ether oxygens (including phenoxy) is 1. The minimum absolute atomic E-state index is 0.0176. The van der Waals surface area contributed by atoms with Crippen LogP contribution in [-0.2, 0) is 11.3 Å². The molecule has 1 aliphatic rings. The SMILES string of the molecule is C[C@H]1CC(=O)c2c(OCC(=O)NCc3cccs3)ccc(Cl)c21. The molecule has 1 amide bonds. The van der Waals surface area contributed by atoms with E-state index in [1.54, 1.807) is 23.5 Å². The third-order valence-corrected chi connectivity index (χ3v) is 5.02. The van der Waals surface area contributed by atoms with E-state index in [2.05, 4.69) is 5.32 Å². The van der Waals surface area contributed by atoms with Crippen LogP contribution in [0.25, 0.3) is 0 Å². The monoisotopic (exact) mass is 349 g/mol. The highest BCUT2D eigenvalue weighted by molar-refractivity contribution is 7.09. The lowest BCUT2D eigenvalue weighted by Gasteiger charge is -2.12. The second-order valence-electron chi connectivity index (χ2n) is 5.51. The van der Waals surface area contributed by atoms with E-state index in [4.69, 9.17) is 16.3 Å². The number of Topliss-reactive ketones (excluding diaryl/α,β-unsaturated/α-hetero) is 1. The Bertz CT molecular complexity index is 743. The number of hydrogen-bond acceptors (Lipinski definition) is 4. The molecule has 2 aromatic rings. The zero-order valence-corrected chi connectivity index (χ0v) is 14.2. The summed E-state index contributed by atoms with van der Waals surface area (Å²) in [6, 6.07) is 7.27. The predicted octanol–water partition coefficient (Wildman–Crippen LogP) is 3.79. The molecule has 1 aromatic heterocycles. The summed E-state index contributed by atoms with van der Waals surface area (Å²) in [7, 11) is 0. The maximum Gasteiger partial charge on any atom is 0.258 e. The van der Waals surface area contributed by atoms with Gasteiger partial charge >= 0.3 is 0 Å². The molecule has 1 aromatic carbocycles. The van der Waals surface area contributed by atoms with Crippen molar-refractivity contribution in [2.75, 3.05) is 6.61 Å². The van der Waals surface area contributed by atoms with Crippen LogP contribution in [0.3, 0.4) is 0 Å². The topological polar surface area (TPSA) is 55.4 Å². The quantitative estimate of drug-likeness (QED) is 0.893. The Morgan fingerprint density at radius 3 is 3.00 bits per heavy atom. The van der Waals surface area contributed by atoms with E-state index < -0.39 is 0 Å². The van der Waals surface area contributed by atoms with Gasteiger partial charge in [0.05, 0.1) is 12.1 Å². The molecule has 1 atom stereocenters. The van der Waals surface area contributed by atoms with Crippen molar-refractivity contribution >= 4 is 34.6 Å². The minimum Gasteiger partial charge on any atom is -0.483 e. The van der Waals surface area contributed by atoms with Gasteiger partial charge in [0.15, 0.2) is 12.4 Å². The number of rotatable bonds is 5. The van der Waals surface area contributed by atoms with Crippen LogP contribution in [0.15, 0.2) is 29.6 Å². The highest BCUT2D eigenvalue weighted by Crippen LogP contribution is 2.42. The predicted molar refractivity (Wildman–Crippen MR) is 90.5 cm³/mol.